The summed E-state index contributed by atoms with van der Waals surface area (Å²) in [5.41, 5.74) is 15.0. The Balaban J connectivity index is 1.18. The highest BCUT2D eigenvalue weighted by Gasteiger charge is 2.48. The van der Waals surface area contributed by atoms with E-state index in [2.05, 4.69) is 206 Å². The Morgan fingerprint density at radius 1 is 0.323 bits per heavy atom. The van der Waals surface area contributed by atoms with E-state index < -0.39 is 5.41 Å². The molecule has 4 nitrogen and oxygen atoms in total. The highest BCUT2D eigenvalue weighted by Crippen LogP contribution is 2.58. The van der Waals surface area contributed by atoms with E-state index in [0.717, 1.165) is 72.0 Å². The number of fused-ring (bicyclic) bond motifs is 6. The van der Waals surface area contributed by atoms with Crippen molar-refractivity contribution >= 4 is 21.9 Å². The largest absolute Gasteiger partial charge is 0.455 e. The molecular weight excluding hydrogens is 755 g/mol. The molecule has 2 heterocycles. The lowest BCUT2D eigenvalue weighted by Crippen LogP contribution is -2.29. The normalized spacial score (nSPS) is 12.6. The minimum Gasteiger partial charge on any atom is -0.455 e. The number of nitrogens with zero attached hydrogens (tertiary/aromatic N) is 3. The second kappa shape index (κ2) is 14.5. The summed E-state index contributed by atoms with van der Waals surface area (Å²) in [5, 5.41) is 2.07. The van der Waals surface area contributed by atoms with Gasteiger partial charge >= 0.3 is 0 Å². The highest BCUT2D eigenvalue weighted by atomic mass is 16.3. The quantitative estimate of drug-likeness (QED) is 0.161. The van der Waals surface area contributed by atoms with Crippen molar-refractivity contribution in [2.75, 3.05) is 0 Å². The van der Waals surface area contributed by atoms with Crippen molar-refractivity contribution in [1.82, 2.24) is 15.0 Å². The lowest BCUT2D eigenvalue weighted by atomic mass is 9.66. The zero-order chi connectivity index (χ0) is 41.0. The van der Waals surface area contributed by atoms with Crippen molar-refractivity contribution < 1.29 is 4.42 Å². The number of hydrogen-bond acceptors (Lipinski definition) is 4. The lowest BCUT2D eigenvalue weighted by molar-refractivity contribution is 0.669. The van der Waals surface area contributed by atoms with Gasteiger partial charge in [-0.05, 0) is 79.9 Å². The predicted molar refractivity (Wildman–Crippen MR) is 252 cm³/mol. The first-order valence-corrected chi connectivity index (χ1v) is 21.0. The second-order valence-electron chi connectivity index (χ2n) is 15.8. The Kier molecular flexibility index (Phi) is 8.36. The van der Waals surface area contributed by atoms with E-state index in [1.807, 2.05) is 18.2 Å². The number of para-hydroxylation sites is 2. The molecule has 290 valence electrons. The number of hydrogen-bond donors (Lipinski definition) is 0. The monoisotopic (exact) mass is 791 g/mol. The summed E-state index contributed by atoms with van der Waals surface area (Å²) >= 11 is 0. The van der Waals surface area contributed by atoms with Gasteiger partial charge in [-0.3, -0.25) is 0 Å². The molecule has 0 spiro atoms. The predicted octanol–water partition coefficient (Wildman–Crippen LogP) is 14.5. The SMILES string of the molecule is c1ccc(-c2ccc(-c3nc(-c4cccc5c4C(c4ccccc4)(c4ccccc4)c4ccccc4-5)nc(-c4cccc5c4oc4ccccc45)n3)c(-c3ccccc3)c2)cc1. The van der Waals surface area contributed by atoms with E-state index in [0.29, 0.717) is 17.5 Å². The molecule has 62 heavy (non-hydrogen) atoms. The van der Waals surface area contributed by atoms with Crippen LogP contribution >= 0.6 is 0 Å². The van der Waals surface area contributed by atoms with Gasteiger partial charge in [0.1, 0.15) is 11.2 Å². The molecule has 4 heteroatoms. The Labute approximate surface area is 359 Å². The van der Waals surface area contributed by atoms with Crippen LogP contribution in [0.15, 0.2) is 229 Å². The lowest BCUT2D eigenvalue weighted by Gasteiger charge is -2.35. The van der Waals surface area contributed by atoms with Crippen LogP contribution in [-0.4, -0.2) is 15.0 Å². The van der Waals surface area contributed by atoms with Gasteiger partial charge in [0.05, 0.1) is 11.0 Å². The molecule has 0 radical (unpaired) electrons. The standard InChI is InChI=1S/C58H37N3O/c1-5-19-38(20-6-1)40-35-36-47(50(37-40)39-21-7-2-8-22-39)55-59-56(61-57(60-55)49-32-18-30-46-44-28-14-16-34-52(44)62-54(46)49)48-31-17-29-45-43-27-13-15-33-51(43)58(53(45)48,41-23-9-3-10-24-41)42-25-11-4-12-26-42/h1-37H. The average Bonchev–Trinajstić information content (AvgIpc) is 3.89. The summed E-state index contributed by atoms with van der Waals surface area (Å²) in [7, 11) is 0. The van der Waals surface area contributed by atoms with Gasteiger partial charge in [-0.25, -0.2) is 15.0 Å². The molecule has 1 aliphatic carbocycles. The molecule has 0 saturated carbocycles. The maximum Gasteiger partial charge on any atom is 0.167 e. The van der Waals surface area contributed by atoms with E-state index in [4.69, 9.17) is 19.4 Å². The highest BCUT2D eigenvalue weighted by molar-refractivity contribution is 6.09. The van der Waals surface area contributed by atoms with Gasteiger partial charge in [0.2, 0.25) is 0 Å². The first kappa shape index (κ1) is 35.7. The molecule has 0 N–H and O–H groups in total. The number of furan rings is 1. The van der Waals surface area contributed by atoms with Crippen molar-refractivity contribution in [3.63, 3.8) is 0 Å². The summed E-state index contributed by atoms with van der Waals surface area (Å²) < 4.78 is 6.65. The molecule has 12 rings (SSSR count). The van der Waals surface area contributed by atoms with Gasteiger partial charge in [0.15, 0.2) is 17.5 Å². The van der Waals surface area contributed by atoms with Crippen molar-refractivity contribution in [2.24, 2.45) is 0 Å². The summed E-state index contributed by atoms with van der Waals surface area (Å²) in [6, 6.07) is 79.2. The zero-order valence-electron chi connectivity index (χ0n) is 33.6. The molecule has 0 aliphatic heterocycles. The van der Waals surface area contributed by atoms with Crippen LogP contribution in [0.2, 0.25) is 0 Å². The minimum atomic E-state index is -0.663. The first-order chi connectivity index (χ1) is 30.8. The van der Waals surface area contributed by atoms with Gasteiger partial charge in [0.25, 0.3) is 0 Å². The molecular formula is C58H37N3O. The maximum absolute atomic E-state index is 6.65. The van der Waals surface area contributed by atoms with Crippen LogP contribution < -0.4 is 0 Å². The van der Waals surface area contributed by atoms with Gasteiger partial charge in [-0.2, -0.15) is 0 Å². The minimum absolute atomic E-state index is 0.541. The maximum atomic E-state index is 6.65. The molecule has 0 amide bonds. The smallest absolute Gasteiger partial charge is 0.167 e. The van der Waals surface area contributed by atoms with Crippen LogP contribution in [0.5, 0.6) is 0 Å². The Bertz CT molecular complexity index is 3410. The second-order valence-corrected chi connectivity index (χ2v) is 15.8. The van der Waals surface area contributed by atoms with Crippen molar-refractivity contribution in [1.29, 1.82) is 0 Å². The summed E-state index contributed by atoms with van der Waals surface area (Å²) in [4.78, 5) is 16.5. The Morgan fingerprint density at radius 3 is 1.56 bits per heavy atom. The topological polar surface area (TPSA) is 51.8 Å². The number of aromatic nitrogens is 3. The molecule has 0 fully saturated rings. The third-order valence-electron chi connectivity index (χ3n) is 12.4. The Hall–Kier alpha value is -8.21. The fraction of sp³-hybridized carbons (Fsp3) is 0.0172. The summed E-state index contributed by atoms with van der Waals surface area (Å²) in [5.74, 6) is 1.71. The van der Waals surface area contributed by atoms with Crippen LogP contribution in [0, 0.1) is 0 Å². The molecule has 0 unspecified atom stereocenters. The van der Waals surface area contributed by atoms with Gasteiger partial charge in [-0.1, -0.05) is 200 Å². The number of rotatable bonds is 7. The number of benzene rings is 9. The summed E-state index contributed by atoms with van der Waals surface area (Å²) in [6.07, 6.45) is 0. The van der Waals surface area contributed by atoms with Crippen molar-refractivity contribution in [2.45, 2.75) is 5.41 Å². The fourth-order valence-electron chi connectivity index (χ4n) is 9.76. The van der Waals surface area contributed by atoms with E-state index >= 15 is 0 Å². The molecule has 2 aromatic heterocycles. The van der Waals surface area contributed by atoms with Crippen LogP contribution in [0.25, 0.3) is 89.5 Å². The van der Waals surface area contributed by atoms with Gasteiger partial charge in [-0.15, -0.1) is 0 Å². The molecule has 9 aromatic carbocycles. The molecule has 0 bridgehead atoms. The van der Waals surface area contributed by atoms with E-state index in [-0.39, 0.29) is 0 Å². The van der Waals surface area contributed by atoms with E-state index in [1.165, 1.54) is 22.3 Å². The summed E-state index contributed by atoms with van der Waals surface area (Å²) in [6.45, 7) is 0. The third kappa shape index (κ3) is 5.58. The van der Waals surface area contributed by atoms with Crippen LogP contribution in [0.4, 0.5) is 0 Å². The zero-order valence-corrected chi connectivity index (χ0v) is 33.6. The van der Waals surface area contributed by atoms with Gasteiger partial charge < -0.3 is 4.42 Å². The Morgan fingerprint density at radius 2 is 0.839 bits per heavy atom. The van der Waals surface area contributed by atoms with Gasteiger partial charge in [0, 0.05) is 21.9 Å². The van der Waals surface area contributed by atoms with Crippen LogP contribution in [0.1, 0.15) is 22.3 Å². The molecule has 1 aliphatic rings. The van der Waals surface area contributed by atoms with Crippen LogP contribution in [-0.2, 0) is 5.41 Å². The van der Waals surface area contributed by atoms with Crippen LogP contribution in [0.3, 0.4) is 0 Å². The fourth-order valence-corrected chi connectivity index (χ4v) is 9.76. The van der Waals surface area contributed by atoms with E-state index in [9.17, 15) is 0 Å². The molecule has 0 saturated heterocycles. The molecule has 0 atom stereocenters. The first-order valence-electron chi connectivity index (χ1n) is 21.0. The van der Waals surface area contributed by atoms with E-state index in [1.54, 1.807) is 0 Å². The average molecular weight is 792 g/mol. The van der Waals surface area contributed by atoms with Crippen molar-refractivity contribution in [3.8, 4) is 67.5 Å². The van der Waals surface area contributed by atoms with Crippen molar-refractivity contribution in [3.05, 3.63) is 247 Å². The third-order valence-corrected chi connectivity index (χ3v) is 12.4. The molecule has 11 aromatic rings.